The summed E-state index contributed by atoms with van der Waals surface area (Å²) in [6.45, 7) is 3.47. The molecule has 5 heteroatoms. The summed E-state index contributed by atoms with van der Waals surface area (Å²) >= 11 is 1.37. The van der Waals surface area contributed by atoms with E-state index < -0.39 is 0 Å². The molecule has 0 atom stereocenters. The van der Waals surface area contributed by atoms with Gasteiger partial charge in [-0.1, -0.05) is 0 Å². The Balaban J connectivity index is 2.06. The van der Waals surface area contributed by atoms with Crippen LogP contribution in [0.4, 0.5) is 5.00 Å². The number of anilines is 1. The van der Waals surface area contributed by atoms with Crippen LogP contribution >= 0.6 is 11.5 Å². The van der Waals surface area contributed by atoms with Crippen molar-refractivity contribution in [3.8, 4) is 6.07 Å². The lowest BCUT2D eigenvalue weighted by atomic mass is 10.1. The number of ether oxygens (including phenoxy) is 1. The lowest BCUT2D eigenvalue weighted by molar-refractivity contribution is 0.0905. The molecule has 1 fully saturated rings. The van der Waals surface area contributed by atoms with E-state index in [2.05, 4.69) is 15.8 Å². The number of nitrogens with one attached hydrogen (secondary N) is 1. The van der Waals surface area contributed by atoms with E-state index in [0.29, 0.717) is 11.6 Å². The van der Waals surface area contributed by atoms with Crippen LogP contribution in [0.3, 0.4) is 0 Å². The number of nitriles is 1. The van der Waals surface area contributed by atoms with Crippen molar-refractivity contribution in [2.24, 2.45) is 0 Å². The van der Waals surface area contributed by atoms with Gasteiger partial charge in [-0.15, -0.1) is 0 Å². The lowest BCUT2D eigenvalue weighted by Gasteiger charge is -2.23. The van der Waals surface area contributed by atoms with Crippen molar-refractivity contribution in [1.82, 2.24) is 4.37 Å². The van der Waals surface area contributed by atoms with Crippen molar-refractivity contribution in [1.29, 1.82) is 5.26 Å². The second kappa shape index (κ2) is 4.60. The van der Waals surface area contributed by atoms with Crippen LogP contribution in [-0.4, -0.2) is 23.6 Å². The summed E-state index contributed by atoms with van der Waals surface area (Å²) in [5.41, 5.74) is 1.50. The molecule has 0 aliphatic carbocycles. The minimum absolute atomic E-state index is 0.422. The van der Waals surface area contributed by atoms with Crippen molar-refractivity contribution in [3.63, 3.8) is 0 Å². The van der Waals surface area contributed by atoms with Gasteiger partial charge in [0.25, 0.3) is 0 Å². The minimum atomic E-state index is 0.422. The van der Waals surface area contributed by atoms with Gasteiger partial charge in [-0.25, -0.2) is 0 Å². The quantitative estimate of drug-likeness (QED) is 0.832. The maximum absolute atomic E-state index is 8.97. The van der Waals surface area contributed by atoms with Crippen molar-refractivity contribution in [2.45, 2.75) is 25.8 Å². The highest BCUT2D eigenvalue weighted by molar-refractivity contribution is 7.10. The molecule has 1 aromatic heterocycles. The number of hydrogen-bond donors (Lipinski definition) is 1. The Labute approximate surface area is 93.0 Å². The first-order chi connectivity index (χ1) is 7.31. The van der Waals surface area contributed by atoms with Crippen molar-refractivity contribution < 1.29 is 4.74 Å². The first kappa shape index (κ1) is 10.4. The number of hydrogen-bond acceptors (Lipinski definition) is 5. The molecule has 1 aliphatic rings. The van der Waals surface area contributed by atoms with Gasteiger partial charge in [0.2, 0.25) is 0 Å². The first-order valence-corrected chi connectivity index (χ1v) is 5.79. The molecule has 0 unspecified atom stereocenters. The molecule has 2 rings (SSSR count). The lowest BCUT2D eigenvalue weighted by Crippen LogP contribution is -2.27. The Hall–Kier alpha value is -1.12. The SMILES string of the molecule is Cc1nsc(NC2CCOCC2)c1C#N. The summed E-state index contributed by atoms with van der Waals surface area (Å²) in [5.74, 6) is 0. The van der Waals surface area contributed by atoms with E-state index in [1.807, 2.05) is 6.92 Å². The van der Waals surface area contributed by atoms with Crippen molar-refractivity contribution >= 4 is 16.5 Å². The van der Waals surface area contributed by atoms with Gasteiger partial charge in [-0.3, -0.25) is 0 Å². The topological polar surface area (TPSA) is 57.9 Å². The van der Waals surface area contributed by atoms with Crippen molar-refractivity contribution in [3.05, 3.63) is 11.3 Å². The average Bonchev–Trinajstić information content (AvgIpc) is 2.61. The summed E-state index contributed by atoms with van der Waals surface area (Å²) in [4.78, 5) is 0. The van der Waals surface area contributed by atoms with Crippen LogP contribution < -0.4 is 5.32 Å². The zero-order valence-corrected chi connectivity index (χ0v) is 9.43. The minimum Gasteiger partial charge on any atom is -0.381 e. The summed E-state index contributed by atoms with van der Waals surface area (Å²) in [7, 11) is 0. The number of nitrogens with zero attached hydrogens (tertiary/aromatic N) is 2. The highest BCUT2D eigenvalue weighted by atomic mass is 32.1. The van der Waals surface area contributed by atoms with E-state index in [1.165, 1.54) is 11.5 Å². The third-order valence-corrected chi connectivity index (χ3v) is 3.40. The number of rotatable bonds is 2. The maximum Gasteiger partial charge on any atom is 0.127 e. The van der Waals surface area contributed by atoms with Crippen LogP contribution in [-0.2, 0) is 4.74 Å². The molecule has 15 heavy (non-hydrogen) atoms. The molecule has 2 heterocycles. The Morgan fingerprint density at radius 3 is 2.93 bits per heavy atom. The van der Waals surface area contributed by atoms with E-state index in [0.717, 1.165) is 36.8 Å². The molecule has 1 aliphatic heterocycles. The third kappa shape index (κ3) is 2.28. The van der Waals surface area contributed by atoms with Crippen LogP contribution in [0, 0.1) is 18.3 Å². The van der Waals surface area contributed by atoms with E-state index in [-0.39, 0.29) is 0 Å². The van der Waals surface area contributed by atoms with E-state index in [4.69, 9.17) is 10.00 Å². The van der Waals surface area contributed by atoms with Crippen LogP contribution in [0.1, 0.15) is 24.1 Å². The van der Waals surface area contributed by atoms with Crippen LogP contribution in [0.25, 0.3) is 0 Å². The van der Waals surface area contributed by atoms with Gasteiger partial charge >= 0.3 is 0 Å². The molecule has 4 nitrogen and oxygen atoms in total. The Morgan fingerprint density at radius 1 is 1.53 bits per heavy atom. The van der Waals surface area contributed by atoms with Gasteiger partial charge in [0.1, 0.15) is 16.6 Å². The first-order valence-electron chi connectivity index (χ1n) is 5.02. The Kier molecular flexibility index (Phi) is 3.19. The summed E-state index contributed by atoms with van der Waals surface area (Å²) in [6.07, 6.45) is 2.00. The van der Waals surface area contributed by atoms with Crippen LogP contribution in [0.2, 0.25) is 0 Å². The molecule has 80 valence electrons. The zero-order chi connectivity index (χ0) is 10.7. The fourth-order valence-electron chi connectivity index (χ4n) is 1.63. The van der Waals surface area contributed by atoms with Crippen molar-refractivity contribution in [2.75, 3.05) is 18.5 Å². The highest BCUT2D eigenvalue weighted by Crippen LogP contribution is 2.25. The molecule has 0 aromatic carbocycles. The van der Waals surface area contributed by atoms with E-state index in [1.54, 1.807) is 0 Å². The maximum atomic E-state index is 8.97. The molecule has 1 N–H and O–H groups in total. The van der Waals surface area contributed by atoms with Gasteiger partial charge in [-0.2, -0.15) is 9.64 Å². The molecular weight excluding hydrogens is 210 g/mol. The predicted octanol–water partition coefficient (Wildman–Crippen LogP) is 1.91. The monoisotopic (exact) mass is 223 g/mol. The van der Waals surface area contributed by atoms with Gasteiger partial charge < -0.3 is 10.1 Å². The highest BCUT2D eigenvalue weighted by Gasteiger charge is 2.17. The average molecular weight is 223 g/mol. The second-order valence-corrected chi connectivity index (χ2v) is 4.39. The molecule has 1 saturated heterocycles. The van der Waals surface area contributed by atoms with Gasteiger partial charge in [-0.05, 0) is 31.3 Å². The normalized spacial score (nSPS) is 17.3. The fraction of sp³-hybridized carbons (Fsp3) is 0.600. The van der Waals surface area contributed by atoms with E-state index in [9.17, 15) is 0 Å². The van der Waals surface area contributed by atoms with Gasteiger partial charge in [0, 0.05) is 19.3 Å². The molecule has 1 aromatic rings. The second-order valence-electron chi connectivity index (χ2n) is 3.61. The van der Waals surface area contributed by atoms with Crippen LogP contribution in [0.15, 0.2) is 0 Å². The molecule has 0 saturated carbocycles. The third-order valence-electron chi connectivity index (χ3n) is 2.53. The predicted molar refractivity (Wildman–Crippen MR) is 59.0 cm³/mol. The van der Waals surface area contributed by atoms with Gasteiger partial charge in [0.05, 0.1) is 5.69 Å². The fourth-order valence-corrected chi connectivity index (χ4v) is 2.45. The van der Waals surface area contributed by atoms with Crippen LogP contribution in [0.5, 0.6) is 0 Å². The number of aryl methyl sites for hydroxylation is 1. The summed E-state index contributed by atoms with van der Waals surface area (Å²) in [5, 5.41) is 13.2. The smallest absolute Gasteiger partial charge is 0.127 e. The summed E-state index contributed by atoms with van der Waals surface area (Å²) in [6, 6.07) is 2.61. The molecular formula is C10H13N3OS. The Bertz CT molecular complexity index is 377. The largest absolute Gasteiger partial charge is 0.381 e. The zero-order valence-electron chi connectivity index (χ0n) is 8.62. The standard InChI is InChI=1S/C10H13N3OS/c1-7-9(6-11)10(15-13-7)12-8-2-4-14-5-3-8/h8,12H,2-5H2,1H3. The molecule has 0 amide bonds. The molecule has 0 spiro atoms. The molecule has 0 radical (unpaired) electrons. The van der Waals surface area contributed by atoms with E-state index >= 15 is 0 Å². The molecule has 0 bridgehead atoms. The van der Waals surface area contributed by atoms with Gasteiger partial charge in [0.15, 0.2) is 0 Å². The number of aromatic nitrogens is 1. The summed E-state index contributed by atoms with van der Waals surface area (Å²) < 4.78 is 9.46. The Morgan fingerprint density at radius 2 is 2.27 bits per heavy atom.